The topological polar surface area (TPSA) is 0 Å². The molecule has 0 amide bonds. The Bertz CT molecular complexity index is 854. The van der Waals surface area contributed by atoms with E-state index in [0.717, 1.165) is 0 Å². The fourth-order valence-electron chi connectivity index (χ4n) is 3.88. The lowest BCUT2D eigenvalue weighted by Gasteiger charge is -2.22. The van der Waals surface area contributed by atoms with Gasteiger partial charge in [-0.2, -0.15) is 0 Å². The van der Waals surface area contributed by atoms with Gasteiger partial charge < -0.3 is 0 Å². The van der Waals surface area contributed by atoms with Gasteiger partial charge >= 0.3 is 0 Å². The Balaban J connectivity index is 2.13. The molecule has 0 heteroatoms. The molecule has 0 radical (unpaired) electrons. The summed E-state index contributed by atoms with van der Waals surface area (Å²) in [6.07, 6.45) is 0. The fourth-order valence-corrected chi connectivity index (χ4v) is 3.88. The van der Waals surface area contributed by atoms with Crippen LogP contribution in [-0.2, 0) is 5.41 Å². The zero-order valence-corrected chi connectivity index (χ0v) is 13.4. The quantitative estimate of drug-likeness (QED) is 0.516. The van der Waals surface area contributed by atoms with Crippen molar-refractivity contribution in [2.45, 2.75) is 26.2 Å². The largest absolute Gasteiger partial charge is 0.0622 e. The zero-order valence-electron chi connectivity index (χ0n) is 13.4. The molecule has 0 saturated heterocycles. The van der Waals surface area contributed by atoms with Crippen LogP contribution in [0.3, 0.4) is 0 Å². The first kappa shape index (κ1) is 13.3. The lowest BCUT2D eigenvalue weighted by atomic mass is 9.81. The van der Waals surface area contributed by atoms with Crippen LogP contribution in [0, 0.1) is 6.92 Å². The molecule has 0 unspecified atom stereocenters. The van der Waals surface area contributed by atoms with Gasteiger partial charge in [-0.15, -0.1) is 0 Å². The van der Waals surface area contributed by atoms with Crippen LogP contribution in [0.15, 0.2) is 66.7 Å². The molecule has 0 aromatic heterocycles. The molecule has 3 aromatic carbocycles. The smallest absolute Gasteiger partial charge is 0.0159 e. The van der Waals surface area contributed by atoms with E-state index in [1.54, 1.807) is 0 Å². The third-order valence-electron chi connectivity index (χ3n) is 5.02. The number of hydrogen-bond acceptors (Lipinski definition) is 0. The predicted molar refractivity (Wildman–Crippen MR) is 94.2 cm³/mol. The molecule has 22 heavy (non-hydrogen) atoms. The zero-order chi connectivity index (χ0) is 15.3. The molecule has 1 aliphatic rings. The van der Waals surface area contributed by atoms with Crippen molar-refractivity contribution in [1.29, 1.82) is 0 Å². The third kappa shape index (κ3) is 1.70. The number of benzene rings is 3. The van der Waals surface area contributed by atoms with E-state index in [1.165, 1.54) is 38.9 Å². The van der Waals surface area contributed by atoms with E-state index in [1.807, 2.05) is 0 Å². The lowest BCUT2D eigenvalue weighted by molar-refractivity contribution is 0.660. The molecule has 0 aliphatic heterocycles. The molecule has 0 heterocycles. The average molecular weight is 284 g/mol. The Morgan fingerprint density at radius 1 is 0.636 bits per heavy atom. The van der Waals surface area contributed by atoms with Crippen molar-refractivity contribution in [3.8, 4) is 22.3 Å². The van der Waals surface area contributed by atoms with Crippen LogP contribution in [0.5, 0.6) is 0 Å². The molecule has 0 N–H and O–H groups in total. The van der Waals surface area contributed by atoms with Gasteiger partial charge in [0.1, 0.15) is 0 Å². The molecule has 0 fully saturated rings. The lowest BCUT2D eigenvalue weighted by Crippen LogP contribution is -2.14. The van der Waals surface area contributed by atoms with Crippen LogP contribution in [0.1, 0.15) is 30.5 Å². The van der Waals surface area contributed by atoms with E-state index in [-0.39, 0.29) is 5.41 Å². The third-order valence-corrected chi connectivity index (χ3v) is 5.02. The van der Waals surface area contributed by atoms with Gasteiger partial charge in [-0.25, -0.2) is 0 Å². The van der Waals surface area contributed by atoms with Crippen molar-refractivity contribution >= 4 is 0 Å². The molecule has 0 spiro atoms. The standard InChI is InChI=1S/C22H20/c1-15-13-14-19-21(20(15)16-9-5-4-6-10-16)17-11-7-8-12-18(17)22(19,2)3/h4-14H,1-3H3. The summed E-state index contributed by atoms with van der Waals surface area (Å²) in [5, 5.41) is 0. The van der Waals surface area contributed by atoms with Crippen LogP contribution < -0.4 is 0 Å². The Kier molecular flexibility index (Phi) is 2.77. The van der Waals surface area contributed by atoms with Gasteiger partial charge in [0, 0.05) is 5.41 Å². The molecule has 108 valence electrons. The van der Waals surface area contributed by atoms with Crippen molar-refractivity contribution in [1.82, 2.24) is 0 Å². The molecule has 4 rings (SSSR count). The number of fused-ring (bicyclic) bond motifs is 3. The van der Waals surface area contributed by atoms with Gasteiger partial charge in [0.2, 0.25) is 0 Å². The molecule has 1 aliphatic carbocycles. The maximum atomic E-state index is 2.34. The van der Waals surface area contributed by atoms with Crippen LogP contribution >= 0.6 is 0 Å². The Labute approximate surface area is 132 Å². The highest BCUT2D eigenvalue weighted by atomic mass is 14.4. The van der Waals surface area contributed by atoms with Crippen LogP contribution in [0.25, 0.3) is 22.3 Å². The van der Waals surface area contributed by atoms with Gasteiger partial charge in [-0.1, -0.05) is 80.6 Å². The first-order chi connectivity index (χ1) is 10.6. The minimum absolute atomic E-state index is 0.0726. The summed E-state index contributed by atoms with van der Waals surface area (Å²) < 4.78 is 0. The predicted octanol–water partition coefficient (Wildman–Crippen LogP) is 5.97. The Morgan fingerprint density at radius 2 is 1.32 bits per heavy atom. The van der Waals surface area contributed by atoms with Gasteiger partial charge in [0.25, 0.3) is 0 Å². The van der Waals surface area contributed by atoms with Crippen LogP contribution in [-0.4, -0.2) is 0 Å². The van der Waals surface area contributed by atoms with Crippen molar-refractivity contribution in [3.05, 3.63) is 83.4 Å². The highest BCUT2D eigenvalue weighted by Gasteiger charge is 2.36. The second-order valence-corrected chi connectivity index (χ2v) is 6.72. The van der Waals surface area contributed by atoms with Gasteiger partial charge in [0.05, 0.1) is 0 Å². The van der Waals surface area contributed by atoms with Crippen molar-refractivity contribution in [2.24, 2.45) is 0 Å². The fraction of sp³-hybridized carbons (Fsp3) is 0.182. The van der Waals surface area contributed by atoms with Crippen molar-refractivity contribution < 1.29 is 0 Å². The van der Waals surface area contributed by atoms with E-state index in [0.29, 0.717) is 0 Å². The molecular formula is C22H20. The van der Waals surface area contributed by atoms with Crippen LogP contribution in [0.4, 0.5) is 0 Å². The summed E-state index contributed by atoms with van der Waals surface area (Å²) in [7, 11) is 0. The number of rotatable bonds is 1. The summed E-state index contributed by atoms with van der Waals surface area (Å²) in [6, 6.07) is 24.2. The molecule has 0 nitrogen and oxygen atoms in total. The van der Waals surface area contributed by atoms with Crippen LogP contribution in [0.2, 0.25) is 0 Å². The monoisotopic (exact) mass is 284 g/mol. The highest BCUT2D eigenvalue weighted by Crippen LogP contribution is 2.52. The Hall–Kier alpha value is -2.34. The minimum Gasteiger partial charge on any atom is -0.0622 e. The van der Waals surface area contributed by atoms with Gasteiger partial charge in [0.15, 0.2) is 0 Å². The van der Waals surface area contributed by atoms with E-state index in [4.69, 9.17) is 0 Å². The highest BCUT2D eigenvalue weighted by molar-refractivity contribution is 5.93. The summed E-state index contributed by atoms with van der Waals surface area (Å²) in [6.45, 7) is 6.89. The molecule has 0 atom stereocenters. The average Bonchev–Trinajstić information content (AvgIpc) is 2.77. The molecule has 3 aromatic rings. The Morgan fingerprint density at radius 3 is 2.09 bits per heavy atom. The maximum absolute atomic E-state index is 2.34. The summed E-state index contributed by atoms with van der Waals surface area (Å²) in [5.74, 6) is 0. The summed E-state index contributed by atoms with van der Waals surface area (Å²) >= 11 is 0. The van der Waals surface area contributed by atoms with E-state index in [9.17, 15) is 0 Å². The summed E-state index contributed by atoms with van der Waals surface area (Å²) in [4.78, 5) is 0. The van der Waals surface area contributed by atoms with Gasteiger partial charge in [-0.3, -0.25) is 0 Å². The van der Waals surface area contributed by atoms with E-state index >= 15 is 0 Å². The normalized spacial score (nSPS) is 14.5. The number of hydrogen-bond donors (Lipinski definition) is 0. The number of aryl methyl sites for hydroxylation is 1. The SMILES string of the molecule is Cc1ccc2c(c1-c1ccccc1)-c1ccccc1C2(C)C. The van der Waals surface area contributed by atoms with Crippen molar-refractivity contribution in [2.75, 3.05) is 0 Å². The van der Waals surface area contributed by atoms with Crippen molar-refractivity contribution in [3.63, 3.8) is 0 Å². The van der Waals surface area contributed by atoms with E-state index in [2.05, 4.69) is 87.5 Å². The first-order valence-corrected chi connectivity index (χ1v) is 7.90. The van der Waals surface area contributed by atoms with Gasteiger partial charge in [-0.05, 0) is 45.9 Å². The summed E-state index contributed by atoms with van der Waals surface area (Å²) in [5.41, 5.74) is 9.81. The second-order valence-electron chi connectivity index (χ2n) is 6.72. The molecular weight excluding hydrogens is 264 g/mol. The van der Waals surface area contributed by atoms with E-state index < -0.39 is 0 Å². The second kappa shape index (κ2) is 4.58. The first-order valence-electron chi connectivity index (χ1n) is 7.90. The molecule has 0 saturated carbocycles. The maximum Gasteiger partial charge on any atom is 0.0159 e. The minimum atomic E-state index is 0.0726. The molecule has 0 bridgehead atoms.